The molecule has 1 aromatic carbocycles. The van der Waals surface area contributed by atoms with Gasteiger partial charge in [-0.2, -0.15) is 0 Å². The van der Waals surface area contributed by atoms with Crippen LogP contribution in [0.25, 0.3) is 0 Å². The second kappa shape index (κ2) is 6.46. The minimum Gasteiger partial charge on any atom is -0.352 e. The lowest BCUT2D eigenvalue weighted by Gasteiger charge is -2.06. The van der Waals surface area contributed by atoms with Gasteiger partial charge in [0.25, 0.3) is 11.6 Å². The van der Waals surface area contributed by atoms with E-state index in [9.17, 15) is 14.9 Å². The van der Waals surface area contributed by atoms with Crippen LogP contribution in [0.2, 0.25) is 0 Å². The Hall–Kier alpha value is -1.97. The molecular formula is C12H11IN4O3. The summed E-state index contributed by atoms with van der Waals surface area (Å²) in [7, 11) is 0. The molecule has 2 rings (SSSR count). The number of hydrogen-bond donors (Lipinski definition) is 2. The largest absolute Gasteiger partial charge is 0.352 e. The van der Waals surface area contributed by atoms with Crippen LogP contribution in [0.1, 0.15) is 16.1 Å². The molecule has 0 unspecified atom stereocenters. The van der Waals surface area contributed by atoms with Crippen molar-refractivity contribution < 1.29 is 9.72 Å². The maximum atomic E-state index is 12.0. The lowest BCUT2D eigenvalue weighted by Crippen LogP contribution is -2.26. The van der Waals surface area contributed by atoms with Crippen molar-refractivity contribution in [2.75, 3.05) is 6.54 Å². The fraction of sp³-hybridized carbons (Fsp3) is 0.167. The first-order valence-corrected chi connectivity index (χ1v) is 6.85. The maximum absolute atomic E-state index is 12.0. The molecule has 0 atom stereocenters. The molecule has 0 radical (unpaired) electrons. The lowest BCUT2D eigenvalue weighted by atomic mass is 10.2. The van der Waals surface area contributed by atoms with Gasteiger partial charge in [0, 0.05) is 40.6 Å². The van der Waals surface area contributed by atoms with Crippen LogP contribution in [0.3, 0.4) is 0 Å². The van der Waals surface area contributed by atoms with E-state index in [2.05, 4.69) is 15.3 Å². The van der Waals surface area contributed by atoms with E-state index in [-0.39, 0.29) is 11.6 Å². The number of benzene rings is 1. The lowest BCUT2D eigenvalue weighted by molar-refractivity contribution is -0.384. The van der Waals surface area contributed by atoms with E-state index < -0.39 is 4.92 Å². The maximum Gasteiger partial charge on any atom is 0.270 e. The monoisotopic (exact) mass is 386 g/mol. The summed E-state index contributed by atoms with van der Waals surface area (Å²) >= 11 is 1.98. The summed E-state index contributed by atoms with van der Waals surface area (Å²) in [5.74, 6) is -0.322. The Bertz CT molecular complexity index is 628. The molecule has 1 amide bonds. The molecule has 8 heteroatoms. The number of imidazole rings is 1. The van der Waals surface area contributed by atoms with Gasteiger partial charge in [-0.05, 0) is 28.7 Å². The fourth-order valence-corrected chi connectivity index (χ4v) is 2.21. The number of nitro benzene ring substituents is 1. The normalized spacial score (nSPS) is 10.2. The van der Waals surface area contributed by atoms with Crippen LogP contribution < -0.4 is 5.32 Å². The zero-order valence-electron chi connectivity index (χ0n) is 10.3. The third-order valence-corrected chi connectivity index (χ3v) is 3.58. The predicted octanol–water partition coefficient (Wildman–Crippen LogP) is 1.89. The van der Waals surface area contributed by atoms with Gasteiger partial charge in [-0.15, -0.1) is 0 Å². The zero-order valence-corrected chi connectivity index (χ0v) is 12.5. The first-order valence-electron chi connectivity index (χ1n) is 5.77. The average Bonchev–Trinajstić information content (AvgIpc) is 2.92. The first-order chi connectivity index (χ1) is 9.58. The predicted molar refractivity (Wildman–Crippen MR) is 80.4 cm³/mol. The molecule has 0 aliphatic rings. The van der Waals surface area contributed by atoms with Crippen molar-refractivity contribution in [2.45, 2.75) is 6.42 Å². The summed E-state index contributed by atoms with van der Waals surface area (Å²) in [4.78, 5) is 29.0. The van der Waals surface area contributed by atoms with Crippen LogP contribution in [0.15, 0.2) is 30.7 Å². The van der Waals surface area contributed by atoms with Crippen molar-refractivity contribution in [3.8, 4) is 0 Å². The second-order valence-corrected chi connectivity index (χ2v) is 5.17. The molecule has 0 saturated carbocycles. The summed E-state index contributed by atoms with van der Waals surface area (Å²) in [5, 5.41) is 13.4. The molecule has 104 valence electrons. The van der Waals surface area contributed by atoms with Crippen LogP contribution in [0, 0.1) is 13.7 Å². The molecule has 1 aromatic heterocycles. The van der Waals surface area contributed by atoms with E-state index in [4.69, 9.17) is 0 Å². The molecule has 20 heavy (non-hydrogen) atoms. The molecule has 0 aliphatic heterocycles. The summed E-state index contributed by atoms with van der Waals surface area (Å²) in [6.45, 7) is 0.430. The topological polar surface area (TPSA) is 101 Å². The Balaban J connectivity index is 2.01. The Labute approximate surface area is 128 Å². The molecular weight excluding hydrogens is 375 g/mol. The van der Waals surface area contributed by atoms with Gasteiger partial charge in [0.1, 0.15) is 0 Å². The molecule has 7 nitrogen and oxygen atoms in total. The van der Waals surface area contributed by atoms with E-state index >= 15 is 0 Å². The number of hydrogen-bond acceptors (Lipinski definition) is 4. The number of carbonyl (C=O) groups excluding carboxylic acids is 1. The van der Waals surface area contributed by atoms with E-state index in [1.807, 2.05) is 22.6 Å². The Morgan fingerprint density at radius 2 is 2.30 bits per heavy atom. The quantitative estimate of drug-likeness (QED) is 0.466. The smallest absolute Gasteiger partial charge is 0.270 e. The number of halogens is 1. The van der Waals surface area contributed by atoms with E-state index in [0.29, 0.717) is 22.1 Å². The number of nitrogens with one attached hydrogen (secondary N) is 2. The molecule has 0 spiro atoms. The third kappa shape index (κ3) is 3.53. The summed E-state index contributed by atoms with van der Waals surface area (Å²) < 4.78 is 0.673. The van der Waals surface area contributed by atoms with Crippen molar-refractivity contribution in [3.63, 3.8) is 0 Å². The van der Waals surface area contributed by atoms with Gasteiger partial charge in [-0.1, -0.05) is 0 Å². The van der Waals surface area contributed by atoms with Crippen LogP contribution in [0.5, 0.6) is 0 Å². The van der Waals surface area contributed by atoms with Crippen molar-refractivity contribution >= 4 is 34.2 Å². The zero-order chi connectivity index (χ0) is 14.5. The Morgan fingerprint density at radius 1 is 1.50 bits per heavy atom. The number of nitro groups is 1. The van der Waals surface area contributed by atoms with Gasteiger partial charge in [0.05, 0.1) is 16.8 Å². The average molecular weight is 386 g/mol. The van der Waals surface area contributed by atoms with Gasteiger partial charge in [0.2, 0.25) is 0 Å². The van der Waals surface area contributed by atoms with Crippen molar-refractivity contribution in [1.29, 1.82) is 0 Å². The van der Waals surface area contributed by atoms with E-state index in [1.54, 1.807) is 18.6 Å². The molecule has 0 saturated heterocycles. The number of nitrogens with zero attached hydrogens (tertiary/aromatic N) is 2. The van der Waals surface area contributed by atoms with Gasteiger partial charge in [-0.3, -0.25) is 14.9 Å². The summed E-state index contributed by atoms with van der Waals surface area (Å²) in [5.41, 5.74) is 1.13. The number of H-pyrrole nitrogens is 1. The Kier molecular flexibility index (Phi) is 4.66. The fourth-order valence-electron chi connectivity index (χ4n) is 1.63. The van der Waals surface area contributed by atoms with Crippen LogP contribution in [-0.2, 0) is 6.42 Å². The highest BCUT2D eigenvalue weighted by Gasteiger charge is 2.15. The Morgan fingerprint density at radius 3 is 2.95 bits per heavy atom. The van der Waals surface area contributed by atoms with Crippen LogP contribution in [-0.4, -0.2) is 27.3 Å². The van der Waals surface area contributed by atoms with E-state index in [0.717, 1.165) is 5.69 Å². The first kappa shape index (κ1) is 14.4. The summed E-state index contributed by atoms with van der Waals surface area (Å²) in [6, 6.07) is 4.22. The number of rotatable bonds is 5. The highest BCUT2D eigenvalue weighted by Crippen LogP contribution is 2.19. The summed E-state index contributed by atoms with van der Waals surface area (Å²) in [6.07, 6.45) is 3.88. The SMILES string of the molecule is O=C(NCCc1cnc[nH]1)c1cc([N+](=O)[O-])ccc1I. The minimum atomic E-state index is -0.516. The highest BCUT2D eigenvalue weighted by atomic mass is 127. The van der Waals surface area contributed by atoms with Crippen molar-refractivity contribution in [3.05, 3.63) is 55.7 Å². The number of non-ortho nitro benzene ring substituents is 1. The highest BCUT2D eigenvalue weighted by molar-refractivity contribution is 14.1. The van der Waals surface area contributed by atoms with Gasteiger partial charge in [0.15, 0.2) is 0 Å². The molecule has 2 N–H and O–H groups in total. The van der Waals surface area contributed by atoms with Gasteiger partial charge >= 0.3 is 0 Å². The van der Waals surface area contributed by atoms with Crippen molar-refractivity contribution in [2.24, 2.45) is 0 Å². The van der Waals surface area contributed by atoms with E-state index in [1.165, 1.54) is 12.1 Å². The standard InChI is InChI=1S/C12H11IN4O3/c13-11-2-1-9(17(19)20)5-10(11)12(18)15-4-3-8-6-14-7-16-8/h1-2,5-7H,3-4H2,(H,14,16)(H,15,18). The number of amides is 1. The van der Waals surface area contributed by atoms with Crippen molar-refractivity contribution in [1.82, 2.24) is 15.3 Å². The number of aromatic nitrogens is 2. The van der Waals surface area contributed by atoms with Crippen LogP contribution >= 0.6 is 22.6 Å². The molecule has 2 aromatic rings. The molecule has 0 bridgehead atoms. The molecule has 1 heterocycles. The number of carbonyl (C=O) groups is 1. The van der Waals surface area contributed by atoms with Gasteiger partial charge in [-0.25, -0.2) is 4.98 Å². The molecule has 0 fully saturated rings. The number of aromatic amines is 1. The molecule has 0 aliphatic carbocycles. The third-order valence-electron chi connectivity index (χ3n) is 2.64. The minimum absolute atomic E-state index is 0.0934. The van der Waals surface area contributed by atoms with Crippen LogP contribution in [0.4, 0.5) is 5.69 Å². The van der Waals surface area contributed by atoms with Gasteiger partial charge < -0.3 is 10.3 Å². The second-order valence-electron chi connectivity index (χ2n) is 4.00.